The van der Waals surface area contributed by atoms with Crippen molar-refractivity contribution in [1.29, 1.82) is 0 Å². The summed E-state index contributed by atoms with van der Waals surface area (Å²) in [4.78, 5) is 14.4. The van der Waals surface area contributed by atoms with E-state index in [4.69, 9.17) is 0 Å². The lowest BCUT2D eigenvalue weighted by molar-refractivity contribution is 0.112. The summed E-state index contributed by atoms with van der Waals surface area (Å²) in [5.74, 6) is 0. The summed E-state index contributed by atoms with van der Waals surface area (Å²) in [5.41, 5.74) is 0.758. The molecule has 0 saturated heterocycles. The molecule has 3 aromatic rings. The van der Waals surface area contributed by atoms with Crippen molar-refractivity contribution in [2.45, 2.75) is 0 Å². The molecule has 88 valence electrons. The van der Waals surface area contributed by atoms with Crippen LogP contribution in [0.3, 0.4) is 0 Å². The van der Waals surface area contributed by atoms with Gasteiger partial charge in [0.2, 0.25) is 0 Å². The van der Waals surface area contributed by atoms with Gasteiger partial charge in [-0.1, -0.05) is 48.5 Å². The van der Waals surface area contributed by atoms with Crippen LogP contribution in [0.1, 0.15) is 10.4 Å². The number of carbonyl (C=O) groups excluding carboxylic acids is 1. The van der Waals surface area contributed by atoms with E-state index in [1.165, 1.54) is 0 Å². The summed E-state index contributed by atoms with van der Waals surface area (Å²) in [7, 11) is 0. The zero-order valence-electron chi connectivity index (χ0n) is 9.86. The van der Waals surface area contributed by atoms with E-state index in [9.17, 15) is 4.79 Å². The predicted octanol–water partition coefficient (Wildman–Crippen LogP) is 3.73. The van der Waals surface area contributed by atoms with Crippen molar-refractivity contribution < 1.29 is 4.79 Å². The summed E-state index contributed by atoms with van der Waals surface area (Å²) < 4.78 is 0. The molecule has 0 aliphatic heterocycles. The lowest BCUT2D eigenvalue weighted by atomic mass is 10.1. The molecular weight excluding hydrogens is 222 g/mol. The van der Waals surface area contributed by atoms with Gasteiger partial charge in [0.25, 0.3) is 0 Å². The molecule has 18 heavy (non-hydrogen) atoms. The highest BCUT2D eigenvalue weighted by Crippen LogP contribution is 2.16. The Labute approximate surface area is 106 Å². The number of pyridine rings is 1. The van der Waals surface area contributed by atoms with Gasteiger partial charge in [0.05, 0.1) is 0 Å². The van der Waals surface area contributed by atoms with Crippen LogP contribution in [0.5, 0.6) is 0 Å². The molecule has 0 unspecified atom stereocenters. The van der Waals surface area contributed by atoms with E-state index in [2.05, 4.69) is 4.98 Å². The Kier molecular flexibility index (Phi) is 4.20. The fourth-order valence-corrected chi connectivity index (χ4v) is 1.67. The van der Waals surface area contributed by atoms with Crippen molar-refractivity contribution >= 4 is 17.1 Å². The molecule has 0 atom stereocenters. The number of carbonyl (C=O) groups is 1. The smallest absolute Gasteiger partial charge is 0.150 e. The molecule has 0 radical (unpaired) electrons. The SMILES string of the molecule is O=Cc1cccc2ccccc12.c1ccncc1. The maximum atomic E-state index is 10.6. The van der Waals surface area contributed by atoms with E-state index < -0.39 is 0 Å². The summed E-state index contributed by atoms with van der Waals surface area (Å²) in [6.45, 7) is 0. The number of aromatic nitrogens is 1. The maximum absolute atomic E-state index is 10.6. The van der Waals surface area contributed by atoms with Gasteiger partial charge in [-0.15, -0.1) is 0 Å². The zero-order chi connectivity index (χ0) is 12.6. The number of hydrogen-bond donors (Lipinski definition) is 0. The van der Waals surface area contributed by atoms with Gasteiger partial charge in [0, 0.05) is 18.0 Å². The minimum Gasteiger partial charge on any atom is -0.298 e. The molecule has 0 saturated carbocycles. The molecule has 1 heterocycles. The number of fused-ring (bicyclic) bond motifs is 1. The lowest BCUT2D eigenvalue weighted by Gasteiger charge is -1.98. The van der Waals surface area contributed by atoms with Crippen LogP contribution < -0.4 is 0 Å². The van der Waals surface area contributed by atoms with E-state index in [0.29, 0.717) is 0 Å². The van der Waals surface area contributed by atoms with Crippen LogP contribution in [-0.2, 0) is 0 Å². The van der Waals surface area contributed by atoms with Crippen LogP contribution in [0.4, 0.5) is 0 Å². The lowest BCUT2D eigenvalue weighted by Crippen LogP contribution is -1.81. The van der Waals surface area contributed by atoms with Crippen LogP contribution >= 0.6 is 0 Å². The summed E-state index contributed by atoms with van der Waals surface area (Å²) in [5, 5.41) is 2.14. The Morgan fingerprint density at radius 1 is 0.778 bits per heavy atom. The number of aldehydes is 1. The van der Waals surface area contributed by atoms with Crippen LogP contribution in [0.2, 0.25) is 0 Å². The fraction of sp³-hybridized carbons (Fsp3) is 0. The molecule has 0 aliphatic carbocycles. The van der Waals surface area contributed by atoms with Crippen LogP contribution in [0.15, 0.2) is 73.1 Å². The van der Waals surface area contributed by atoms with E-state index >= 15 is 0 Å². The molecule has 0 N–H and O–H groups in total. The first-order valence-electron chi connectivity index (χ1n) is 5.70. The highest BCUT2D eigenvalue weighted by molar-refractivity contribution is 5.97. The van der Waals surface area contributed by atoms with E-state index in [1.54, 1.807) is 12.4 Å². The van der Waals surface area contributed by atoms with Crippen LogP contribution in [-0.4, -0.2) is 11.3 Å². The molecule has 2 aromatic carbocycles. The Morgan fingerprint density at radius 3 is 2.11 bits per heavy atom. The van der Waals surface area contributed by atoms with Crippen molar-refractivity contribution in [2.75, 3.05) is 0 Å². The standard InChI is InChI=1S/C11H8O.C5H5N/c12-8-10-6-3-5-9-4-1-2-7-11(9)10;1-2-4-6-5-3-1/h1-8H;1-5H. The van der Waals surface area contributed by atoms with Gasteiger partial charge >= 0.3 is 0 Å². The Morgan fingerprint density at radius 2 is 1.50 bits per heavy atom. The second-order valence-corrected chi connectivity index (χ2v) is 3.71. The molecular formula is C16H13NO. The molecule has 2 heteroatoms. The second kappa shape index (κ2) is 6.30. The van der Waals surface area contributed by atoms with Gasteiger partial charge in [-0.25, -0.2) is 0 Å². The van der Waals surface area contributed by atoms with E-state index in [0.717, 1.165) is 22.6 Å². The molecule has 2 nitrogen and oxygen atoms in total. The van der Waals surface area contributed by atoms with Gasteiger partial charge in [-0.3, -0.25) is 9.78 Å². The van der Waals surface area contributed by atoms with Crippen molar-refractivity contribution in [3.63, 3.8) is 0 Å². The molecule has 1 aromatic heterocycles. The minimum absolute atomic E-state index is 0.758. The molecule has 0 fully saturated rings. The van der Waals surface area contributed by atoms with Crippen molar-refractivity contribution in [1.82, 2.24) is 4.98 Å². The van der Waals surface area contributed by atoms with Crippen molar-refractivity contribution in [2.24, 2.45) is 0 Å². The number of nitrogens with zero attached hydrogens (tertiary/aromatic N) is 1. The highest BCUT2D eigenvalue weighted by Gasteiger charge is 1.96. The van der Waals surface area contributed by atoms with Crippen molar-refractivity contribution in [3.05, 3.63) is 78.6 Å². The third-order valence-electron chi connectivity index (χ3n) is 2.52. The number of hydrogen-bond acceptors (Lipinski definition) is 2. The average Bonchev–Trinajstić information content (AvgIpc) is 2.49. The maximum Gasteiger partial charge on any atom is 0.150 e. The van der Waals surface area contributed by atoms with Crippen LogP contribution in [0.25, 0.3) is 10.8 Å². The van der Waals surface area contributed by atoms with Crippen LogP contribution in [0, 0.1) is 0 Å². The third-order valence-corrected chi connectivity index (χ3v) is 2.52. The molecule has 0 bridgehead atoms. The summed E-state index contributed by atoms with van der Waals surface area (Å²) >= 11 is 0. The Bertz CT molecular complexity index is 588. The Hall–Kier alpha value is -2.48. The molecule has 3 rings (SSSR count). The first kappa shape index (κ1) is 12.0. The summed E-state index contributed by atoms with van der Waals surface area (Å²) in [6, 6.07) is 19.3. The van der Waals surface area contributed by atoms with Gasteiger partial charge in [-0.05, 0) is 22.9 Å². The topological polar surface area (TPSA) is 30.0 Å². The van der Waals surface area contributed by atoms with Gasteiger partial charge < -0.3 is 0 Å². The summed E-state index contributed by atoms with van der Waals surface area (Å²) in [6.07, 6.45) is 4.39. The quantitative estimate of drug-likeness (QED) is 0.601. The van der Waals surface area contributed by atoms with E-state index in [-0.39, 0.29) is 0 Å². The van der Waals surface area contributed by atoms with Gasteiger partial charge in [0.15, 0.2) is 6.29 Å². The highest BCUT2D eigenvalue weighted by atomic mass is 16.1. The fourth-order valence-electron chi connectivity index (χ4n) is 1.67. The minimum atomic E-state index is 0.758. The van der Waals surface area contributed by atoms with E-state index in [1.807, 2.05) is 60.7 Å². The van der Waals surface area contributed by atoms with Crippen molar-refractivity contribution in [3.8, 4) is 0 Å². The van der Waals surface area contributed by atoms with Gasteiger partial charge in [-0.2, -0.15) is 0 Å². The number of benzene rings is 2. The molecule has 0 aliphatic rings. The third kappa shape index (κ3) is 3.01. The first-order chi connectivity index (χ1) is 8.92. The van der Waals surface area contributed by atoms with Gasteiger partial charge in [0.1, 0.15) is 0 Å². The number of rotatable bonds is 1. The monoisotopic (exact) mass is 235 g/mol. The normalized spacial score (nSPS) is 9.33. The first-order valence-corrected chi connectivity index (χ1v) is 5.70. The zero-order valence-corrected chi connectivity index (χ0v) is 9.86. The molecule has 0 spiro atoms. The molecule has 0 amide bonds. The Balaban J connectivity index is 0.000000169. The average molecular weight is 235 g/mol. The largest absolute Gasteiger partial charge is 0.298 e. The predicted molar refractivity (Wildman–Crippen MR) is 73.6 cm³/mol. The second-order valence-electron chi connectivity index (χ2n) is 3.71.